The molecule has 0 aliphatic rings. The molecule has 0 fully saturated rings. The number of amides is 1. The minimum absolute atomic E-state index is 0.297. The summed E-state index contributed by atoms with van der Waals surface area (Å²) in [5.41, 5.74) is 1.80. The fourth-order valence-corrected chi connectivity index (χ4v) is 4.20. The number of sulfonamides is 1. The molecule has 28 heavy (non-hydrogen) atoms. The molecule has 0 saturated heterocycles. The second kappa shape index (κ2) is 9.30. The third kappa shape index (κ3) is 5.39. The summed E-state index contributed by atoms with van der Waals surface area (Å²) in [5.74, 6) is 0.202. The smallest absolute Gasteiger partial charge is 0.248 e. The highest BCUT2D eigenvalue weighted by atomic mass is 35.5. The van der Waals surface area contributed by atoms with Gasteiger partial charge in [-0.2, -0.15) is 0 Å². The van der Waals surface area contributed by atoms with Crippen molar-refractivity contribution in [3.8, 4) is 5.75 Å². The molecule has 2 aromatic carbocycles. The Hall–Kier alpha value is -2.25. The Bertz CT molecular complexity index is 930. The Kier molecular flexibility index (Phi) is 7.32. The number of hydrogen-bond donors (Lipinski definition) is 1. The molecule has 0 heterocycles. The normalized spacial score (nSPS) is 12.3. The highest BCUT2D eigenvalue weighted by molar-refractivity contribution is 7.92. The molecule has 0 aliphatic heterocycles. The standard InChI is InChI=1S/C20H25ClN2O4S/c1-5-19(20(24)22-15-8-7-14(3)18(21)13-15)23(28(4,25)26)16-9-11-17(12-10-16)27-6-2/h7-13,19H,5-6H2,1-4H3,(H,22,24)/t19-/m0/s1. The van der Waals surface area contributed by atoms with Crippen molar-refractivity contribution in [2.75, 3.05) is 22.5 Å². The fraction of sp³-hybridized carbons (Fsp3) is 0.350. The molecule has 2 aromatic rings. The predicted molar refractivity (Wildman–Crippen MR) is 114 cm³/mol. The van der Waals surface area contributed by atoms with Crippen molar-refractivity contribution in [2.24, 2.45) is 0 Å². The van der Waals surface area contributed by atoms with Crippen molar-refractivity contribution in [3.05, 3.63) is 53.1 Å². The van der Waals surface area contributed by atoms with Crippen LogP contribution in [0.4, 0.5) is 11.4 Å². The lowest BCUT2D eigenvalue weighted by Gasteiger charge is -2.30. The van der Waals surface area contributed by atoms with Crippen molar-refractivity contribution in [1.29, 1.82) is 0 Å². The number of benzene rings is 2. The van der Waals surface area contributed by atoms with Gasteiger partial charge in [-0.1, -0.05) is 24.6 Å². The summed E-state index contributed by atoms with van der Waals surface area (Å²) in [4.78, 5) is 12.9. The molecule has 0 unspecified atom stereocenters. The van der Waals surface area contributed by atoms with Crippen molar-refractivity contribution >= 4 is 38.9 Å². The van der Waals surface area contributed by atoms with E-state index < -0.39 is 22.0 Å². The van der Waals surface area contributed by atoms with Gasteiger partial charge >= 0.3 is 0 Å². The number of nitrogens with one attached hydrogen (secondary N) is 1. The van der Waals surface area contributed by atoms with Crippen LogP contribution in [0.1, 0.15) is 25.8 Å². The molecule has 0 radical (unpaired) electrons. The number of nitrogens with zero attached hydrogens (tertiary/aromatic N) is 1. The van der Waals surface area contributed by atoms with Crippen molar-refractivity contribution in [3.63, 3.8) is 0 Å². The fourth-order valence-electron chi connectivity index (χ4n) is 2.81. The van der Waals surface area contributed by atoms with Crippen LogP contribution >= 0.6 is 11.6 Å². The summed E-state index contributed by atoms with van der Waals surface area (Å²) in [6, 6.07) is 10.9. The van der Waals surface area contributed by atoms with E-state index in [9.17, 15) is 13.2 Å². The Morgan fingerprint density at radius 1 is 1.18 bits per heavy atom. The second-order valence-electron chi connectivity index (χ2n) is 6.36. The Labute approximate surface area is 171 Å². The average Bonchev–Trinajstić information content (AvgIpc) is 2.62. The molecule has 1 amide bonds. The molecular weight excluding hydrogens is 400 g/mol. The number of halogens is 1. The van der Waals surface area contributed by atoms with Crippen LogP contribution in [0, 0.1) is 6.92 Å². The van der Waals surface area contributed by atoms with E-state index in [2.05, 4.69) is 5.32 Å². The van der Waals surface area contributed by atoms with Gasteiger partial charge in [-0.05, 0) is 62.2 Å². The highest BCUT2D eigenvalue weighted by Gasteiger charge is 2.31. The number of carbonyl (C=O) groups excluding carboxylic acids is 1. The van der Waals surface area contributed by atoms with Crippen molar-refractivity contribution < 1.29 is 17.9 Å². The van der Waals surface area contributed by atoms with Gasteiger partial charge < -0.3 is 10.1 Å². The molecule has 0 saturated carbocycles. The van der Waals surface area contributed by atoms with Crippen LogP contribution in [0.5, 0.6) is 5.75 Å². The SMILES string of the molecule is CCOc1ccc(N([C@@H](CC)C(=O)Nc2ccc(C)c(Cl)c2)S(C)(=O)=O)cc1. The molecule has 1 atom stereocenters. The number of anilines is 2. The van der Waals surface area contributed by atoms with Crippen molar-refractivity contribution in [2.45, 2.75) is 33.2 Å². The first kappa shape index (κ1) is 22.0. The molecule has 0 spiro atoms. The van der Waals surface area contributed by atoms with Gasteiger partial charge in [0.2, 0.25) is 15.9 Å². The summed E-state index contributed by atoms with van der Waals surface area (Å²) >= 11 is 6.11. The lowest BCUT2D eigenvalue weighted by Crippen LogP contribution is -2.47. The van der Waals surface area contributed by atoms with Gasteiger partial charge in [0.15, 0.2) is 0 Å². The molecule has 0 bridgehead atoms. The molecule has 152 valence electrons. The summed E-state index contributed by atoms with van der Waals surface area (Å²) in [5, 5.41) is 3.29. The van der Waals surface area contributed by atoms with Crippen LogP contribution in [0.25, 0.3) is 0 Å². The average molecular weight is 425 g/mol. The summed E-state index contributed by atoms with van der Waals surface area (Å²) in [7, 11) is -3.70. The van der Waals surface area contributed by atoms with E-state index in [4.69, 9.17) is 16.3 Å². The Morgan fingerprint density at radius 3 is 2.32 bits per heavy atom. The van der Waals surface area contributed by atoms with E-state index in [1.807, 2.05) is 13.8 Å². The summed E-state index contributed by atoms with van der Waals surface area (Å²) in [6.07, 6.45) is 1.38. The third-order valence-electron chi connectivity index (χ3n) is 4.17. The zero-order valence-electron chi connectivity index (χ0n) is 16.4. The topological polar surface area (TPSA) is 75.7 Å². The van der Waals surface area contributed by atoms with Gasteiger partial charge in [-0.15, -0.1) is 0 Å². The first-order valence-corrected chi connectivity index (χ1v) is 11.2. The van der Waals surface area contributed by atoms with Gasteiger partial charge in [0, 0.05) is 10.7 Å². The quantitative estimate of drug-likeness (QED) is 0.688. The van der Waals surface area contributed by atoms with Crippen LogP contribution < -0.4 is 14.4 Å². The number of ether oxygens (including phenoxy) is 1. The monoisotopic (exact) mass is 424 g/mol. The Morgan fingerprint density at radius 2 is 1.82 bits per heavy atom. The Balaban J connectivity index is 2.34. The maximum absolute atomic E-state index is 12.9. The molecular formula is C20H25ClN2O4S. The van der Waals surface area contributed by atoms with Crippen LogP contribution in [0.3, 0.4) is 0 Å². The van der Waals surface area contributed by atoms with E-state index in [1.165, 1.54) is 0 Å². The van der Waals surface area contributed by atoms with Crippen LogP contribution in [0.2, 0.25) is 5.02 Å². The summed E-state index contributed by atoms with van der Waals surface area (Å²) < 4.78 is 31.5. The minimum atomic E-state index is -3.70. The number of rotatable bonds is 8. The van der Waals surface area contributed by atoms with Gasteiger partial charge in [0.25, 0.3) is 0 Å². The molecule has 6 nitrogen and oxygen atoms in total. The highest BCUT2D eigenvalue weighted by Crippen LogP contribution is 2.26. The zero-order valence-corrected chi connectivity index (χ0v) is 18.0. The lowest BCUT2D eigenvalue weighted by molar-refractivity contribution is -0.117. The van der Waals surface area contributed by atoms with E-state index in [0.717, 1.165) is 16.1 Å². The van der Waals surface area contributed by atoms with E-state index in [1.54, 1.807) is 49.4 Å². The second-order valence-corrected chi connectivity index (χ2v) is 8.63. The largest absolute Gasteiger partial charge is 0.494 e. The molecule has 0 aliphatic carbocycles. The first-order valence-electron chi connectivity index (χ1n) is 8.96. The molecule has 1 N–H and O–H groups in total. The van der Waals surface area contributed by atoms with E-state index in [-0.39, 0.29) is 0 Å². The predicted octanol–water partition coefficient (Wildman–Crippen LogP) is 4.23. The van der Waals surface area contributed by atoms with Crippen LogP contribution in [-0.2, 0) is 14.8 Å². The molecule has 8 heteroatoms. The lowest BCUT2D eigenvalue weighted by atomic mass is 10.1. The van der Waals surface area contributed by atoms with Gasteiger partial charge in [-0.3, -0.25) is 9.10 Å². The first-order chi connectivity index (χ1) is 13.2. The van der Waals surface area contributed by atoms with Gasteiger partial charge in [0.05, 0.1) is 18.6 Å². The number of carbonyl (C=O) groups is 1. The van der Waals surface area contributed by atoms with Crippen LogP contribution in [0.15, 0.2) is 42.5 Å². The maximum atomic E-state index is 12.9. The van der Waals surface area contributed by atoms with Gasteiger partial charge in [-0.25, -0.2) is 8.42 Å². The maximum Gasteiger partial charge on any atom is 0.248 e. The molecule has 0 aromatic heterocycles. The van der Waals surface area contributed by atoms with E-state index >= 15 is 0 Å². The number of aryl methyl sites for hydroxylation is 1. The van der Waals surface area contributed by atoms with Crippen molar-refractivity contribution in [1.82, 2.24) is 0 Å². The summed E-state index contributed by atoms with van der Waals surface area (Å²) in [6.45, 7) is 6.00. The third-order valence-corrected chi connectivity index (χ3v) is 5.76. The van der Waals surface area contributed by atoms with Gasteiger partial charge in [0.1, 0.15) is 11.8 Å². The molecule has 2 rings (SSSR count). The van der Waals surface area contributed by atoms with E-state index in [0.29, 0.717) is 35.2 Å². The van der Waals surface area contributed by atoms with Crippen LogP contribution in [-0.4, -0.2) is 33.2 Å². The number of hydrogen-bond acceptors (Lipinski definition) is 4. The zero-order chi connectivity index (χ0) is 20.9. The minimum Gasteiger partial charge on any atom is -0.494 e.